The molecule has 0 radical (unpaired) electrons. The smallest absolute Gasteiger partial charge is 0.354 e. The highest BCUT2D eigenvalue weighted by molar-refractivity contribution is 5.90. The maximum atomic E-state index is 12.8. The van der Waals surface area contributed by atoms with Crippen molar-refractivity contribution in [2.45, 2.75) is 25.4 Å². The molecular formula is C19H19F3N2. The Morgan fingerprint density at radius 3 is 2.29 bits per heavy atom. The highest BCUT2D eigenvalue weighted by Gasteiger charge is 2.30. The number of aromatic amines is 1. The molecule has 0 aliphatic rings. The summed E-state index contributed by atoms with van der Waals surface area (Å²) >= 11 is 0. The molecule has 5 heteroatoms. The Morgan fingerprint density at radius 2 is 1.62 bits per heavy atom. The first-order chi connectivity index (χ1) is 11.5. The van der Waals surface area contributed by atoms with Gasteiger partial charge < -0.3 is 10.7 Å². The van der Waals surface area contributed by atoms with E-state index in [1.54, 1.807) is 0 Å². The molecule has 0 aliphatic heterocycles. The molecule has 0 unspecified atom stereocenters. The number of para-hydroxylation sites is 1. The van der Waals surface area contributed by atoms with Gasteiger partial charge in [0.1, 0.15) is 0 Å². The van der Waals surface area contributed by atoms with Crippen LogP contribution in [0.3, 0.4) is 0 Å². The molecular weight excluding hydrogens is 313 g/mol. The molecule has 0 saturated heterocycles. The Morgan fingerprint density at radius 1 is 0.917 bits per heavy atom. The van der Waals surface area contributed by atoms with Crippen LogP contribution < -0.4 is 5.73 Å². The number of alkyl halides is 3. The highest BCUT2D eigenvalue weighted by Crippen LogP contribution is 2.34. The summed E-state index contributed by atoms with van der Waals surface area (Å²) in [5.41, 5.74) is 8.73. The lowest BCUT2D eigenvalue weighted by atomic mass is 9.99. The van der Waals surface area contributed by atoms with Crippen LogP contribution in [-0.2, 0) is 12.6 Å². The lowest BCUT2D eigenvalue weighted by molar-refractivity contribution is -0.137. The molecule has 3 rings (SSSR count). The third-order valence-electron chi connectivity index (χ3n) is 4.20. The summed E-state index contributed by atoms with van der Waals surface area (Å²) < 4.78 is 38.3. The highest BCUT2D eigenvalue weighted by atomic mass is 19.4. The lowest BCUT2D eigenvalue weighted by Crippen LogP contribution is -2.04. The van der Waals surface area contributed by atoms with Crippen LogP contribution in [0.2, 0.25) is 0 Å². The van der Waals surface area contributed by atoms with Crippen molar-refractivity contribution in [3.63, 3.8) is 0 Å². The standard InChI is InChI=1S/C19H19F3N2/c20-19(21,22)14-10-8-13(9-11-14)18-16(6-3-4-12-23)15-5-1-2-7-17(15)24-18/h1-2,5,7-11,24H,3-4,6,12,23H2. The predicted molar refractivity (Wildman–Crippen MR) is 90.7 cm³/mol. The molecule has 0 amide bonds. The first kappa shape index (κ1) is 16.6. The minimum absolute atomic E-state index is 0.632. The Bertz CT molecular complexity index is 817. The number of H-pyrrole nitrogens is 1. The quantitative estimate of drug-likeness (QED) is 0.625. The summed E-state index contributed by atoms with van der Waals surface area (Å²) in [6, 6.07) is 13.2. The van der Waals surface area contributed by atoms with Crippen molar-refractivity contribution in [2.24, 2.45) is 5.73 Å². The Hall–Kier alpha value is -2.27. The molecule has 0 spiro atoms. The van der Waals surface area contributed by atoms with Crippen LogP contribution in [0.25, 0.3) is 22.2 Å². The molecule has 0 fully saturated rings. The fourth-order valence-electron chi connectivity index (χ4n) is 2.98. The lowest BCUT2D eigenvalue weighted by Gasteiger charge is -2.09. The van der Waals surface area contributed by atoms with E-state index in [0.29, 0.717) is 6.54 Å². The van der Waals surface area contributed by atoms with Crippen LogP contribution in [-0.4, -0.2) is 11.5 Å². The van der Waals surface area contributed by atoms with Gasteiger partial charge in [-0.3, -0.25) is 0 Å². The van der Waals surface area contributed by atoms with E-state index in [2.05, 4.69) is 4.98 Å². The third-order valence-corrected chi connectivity index (χ3v) is 4.20. The maximum absolute atomic E-state index is 12.8. The van der Waals surface area contributed by atoms with E-state index in [0.717, 1.165) is 59.1 Å². The molecule has 0 aliphatic carbocycles. The summed E-state index contributed by atoms with van der Waals surface area (Å²) in [7, 11) is 0. The van der Waals surface area contributed by atoms with Gasteiger partial charge >= 0.3 is 6.18 Å². The number of benzene rings is 2. The fraction of sp³-hybridized carbons (Fsp3) is 0.263. The molecule has 2 nitrogen and oxygen atoms in total. The Kier molecular flexibility index (Phi) is 4.62. The second-order valence-corrected chi connectivity index (χ2v) is 5.85. The van der Waals surface area contributed by atoms with Crippen LogP contribution in [0, 0.1) is 0 Å². The number of aromatic nitrogens is 1. The van der Waals surface area contributed by atoms with Crippen LogP contribution in [0.5, 0.6) is 0 Å². The molecule has 126 valence electrons. The molecule has 1 heterocycles. The maximum Gasteiger partial charge on any atom is 0.416 e. The van der Waals surface area contributed by atoms with Gasteiger partial charge in [-0.15, -0.1) is 0 Å². The van der Waals surface area contributed by atoms with Crippen molar-refractivity contribution in [2.75, 3.05) is 6.54 Å². The normalized spacial score (nSPS) is 12.0. The molecule has 3 N–H and O–H groups in total. The molecule has 0 atom stereocenters. The number of halogens is 3. The SMILES string of the molecule is NCCCCc1c(-c2ccc(C(F)(F)F)cc2)[nH]c2ccccc12. The van der Waals surface area contributed by atoms with Crippen molar-refractivity contribution in [1.29, 1.82) is 0 Å². The number of nitrogens with one attached hydrogen (secondary N) is 1. The van der Waals surface area contributed by atoms with Crippen molar-refractivity contribution < 1.29 is 13.2 Å². The topological polar surface area (TPSA) is 41.8 Å². The van der Waals surface area contributed by atoms with Crippen LogP contribution in [0.1, 0.15) is 24.0 Å². The van der Waals surface area contributed by atoms with Crippen LogP contribution >= 0.6 is 0 Å². The van der Waals surface area contributed by atoms with Crippen molar-refractivity contribution in [1.82, 2.24) is 4.98 Å². The zero-order valence-electron chi connectivity index (χ0n) is 13.2. The number of nitrogens with two attached hydrogens (primary N) is 1. The summed E-state index contributed by atoms with van der Waals surface area (Å²) in [5.74, 6) is 0. The van der Waals surface area contributed by atoms with Gasteiger partial charge in [0.2, 0.25) is 0 Å². The first-order valence-corrected chi connectivity index (χ1v) is 7.98. The van der Waals surface area contributed by atoms with Crippen LogP contribution in [0.15, 0.2) is 48.5 Å². The van der Waals surface area contributed by atoms with Gasteiger partial charge in [-0.05, 0) is 55.1 Å². The van der Waals surface area contributed by atoms with Gasteiger partial charge in [0, 0.05) is 16.6 Å². The van der Waals surface area contributed by atoms with E-state index in [1.165, 1.54) is 12.1 Å². The van der Waals surface area contributed by atoms with E-state index >= 15 is 0 Å². The van der Waals surface area contributed by atoms with E-state index in [-0.39, 0.29) is 0 Å². The number of aryl methyl sites for hydroxylation is 1. The largest absolute Gasteiger partial charge is 0.416 e. The minimum Gasteiger partial charge on any atom is -0.354 e. The van der Waals surface area contributed by atoms with E-state index in [4.69, 9.17) is 5.73 Å². The third kappa shape index (κ3) is 3.31. The zero-order valence-corrected chi connectivity index (χ0v) is 13.2. The fourth-order valence-corrected chi connectivity index (χ4v) is 2.98. The zero-order chi connectivity index (χ0) is 17.2. The number of hydrogen-bond donors (Lipinski definition) is 2. The molecule has 24 heavy (non-hydrogen) atoms. The Labute approximate surface area is 138 Å². The Balaban J connectivity index is 2.03. The van der Waals surface area contributed by atoms with E-state index in [9.17, 15) is 13.2 Å². The molecule has 0 bridgehead atoms. The number of fused-ring (bicyclic) bond motifs is 1. The van der Waals surface area contributed by atoms with Crippen molar-refractivity contribution in [3.05, 3.63) is 59.7 Å². The molecule has 0 saturated carbocycles. The van der Waals surface area contributed by atoms with Gasteiger partial charge in [-0.25, -0.2) is 0 Å². The number of hydrogen-bond acceptors (Lipinski definition) is 1. The molecule has 3 aromatic rings. The number of unbranched alkanes of at least 4 members (excludes halogenated alkanes) is 1. The van der Waals surface area contributed by atoms with E-state index < -0.39 is 11.7 Å². The van der Waals surface area contributed by atoms with Gasteiger partial charge in [0.15, 0.2) is 0 Å². The van der Waals surface area contributed by atoms with Gasteiger partial charge in [-0.1, -0.05) is 30.3 Å². The summed E-state index contributed by atoms with van der Waals surface area (Å²) in [6.45, 7) is 0.637. The molecule has 2 aromatic carbocycles. The molecule has 1 aromatic heterocycles. The first-order valence-electron chi connectivity index (χ1n) is 7.98. The predicted octanol–water partition coefficient (Wildman–Crippen LogP) is 5.14. The monoisotopic (exact) mass is 332 g/mol. The number of rotatable bonds is 5. The van der Waals surface area contributed by atoms with Crippen molar-refractivity contribution in [3.8, 4) is 11.3 Å². The van der Waals surface area contributed by atoms with Gasteiger partial charge in [-0.2, -0.15) is 13.2 Å². The summed E-state index contributed by atoms with van der Waals surface area (Å²) in [4.78, 5) is 3.35. The second-order valence-electron chi connectivity index (χ2n) is 5.85. The average Bonchev–Trinajstić information content (AvgIpc) is 2.93. The minimum atomic E-state index is -4.32. The second kappa shape index (κ2) is 6.69. The van der Waals surface area contributed by atoms with Gasteiger partial charge in [0.25, 0.3) is 0 Å². The van der Waals surface area contributed by atoms with Crippen molar-refractivity contribution >= 4 is 10.9 Å². The van der Waals surface area contributed by atoms with E-state index in [1.807, 2.05) is 24.3 Å². The van der Waals surface area contributed by atoms with Crippen LogP contribution in [0.4, 0.5) is 13.2 Å². The average molecular weight is 332 g/mol. The van der Waals surface area contributed by atoms with Gasteiger partial charge in [0.05, 0.1) is 5.56 Å². The summed E-state index contributed by atoms with van der Waals surface area (Å²) in [6.07, 6.45) is -1.60. The summed E-state index contributed by atoms with van der Waals surface area (Å²) in [5, 5.41) is 1.12.